The fourth-order valence-corrected chi connectivity index (χ4v) is 8.77. The minimum atomic E-state index is 0.887. The van der Waals surface area contributed by atoms with Crippen molar-refractivity contribution in [1.82, 2.24) is 9.97 Å². The van der Waals surface area contributed by atoms with Crippen molar-refractivity contribution in [2.45, 2.75) is 0 Å². The summed E-state index contributed by atoms with van der Waals surface area (Å²) in [5, 5.41) is 11.7. The first-order valence-corrected chi connectivity index (χ1v) is 16.4. The van der Waals surface area contributed by atoms with Gasteiger partial charge in [-0.25, -0.2) is 0 Å². The summed E-state index contributed by atoms with van der Waals surface area (Å²) in [6.45, 7) is 0. The molecule has 0 N–H and O–H groups in total. The molecule has 11 rings (SSSR count). The molecule has 0 amide bonds. The molecule has 0 bridgehead atoms. The highest BCUT2D eigenvalue weighted by Gasteiger charge is 2.21. The summed E-state index contributed by atoms with van der Waals surface area (Å²) in [4.78, 5) is 8.98. The first-order valence-electron chi connectivity index (χ1n) is 15.6. The van der Waals surface area contributed by atoms with Crippen LogP contribution >= 0.6 is 11.3 Å². The molecule has 0 spiro atoms. The monoisotopic (exact) mass is 618 g/mol. The normalized spacial score (nSPS) is 12.3. The van der Waals surface area contributed by atoms with Gasteiger partial charge in [-0.3, -0.25) is 9.97 Å². The Hall–Kier alpha value is -6.04. The summed E-state index contributed by atoms with van der Waals surface area (Å²) in [5.41, 5.74) is 8.03. The fourth-order valence-electron chi connectivity index (χ4n) is 7.55. The van der Waals surface area contributed by atoms with Gasteiger partial charge in [-0.05, 0) is 93.3 Å². The van der Waals surface area contributed by atoms with Gasteiger partial charge in [0.15, 0.2) is 0 Å². The molecule has 0 aliphatic heterocycles. The number of nitrogens with zero attached hydrogens (tertiary/aromatic N) is 2. The predicted octanol–water partition coefficient (Wildman–Crippen LogP) is 12.3. The van der Waals surface area contributed by atoms with E-state index in [2.05, 4.69) is 82.8 Å². The lowest BCUT2D eigenvalue weighted by molar-refractivity contribution is 0.669. The highest BCUT2D eigenvalue weighted by atomic mass is 32.1. The molecular weight excluding hydrogens is 597 g/mol. The second-order valence-electron chi connectivity index (χ2n) is 12.2. The van der Waals surface area contributed by atoms with Gasteiger partial charge in [0.2, 0.25) is 0 Å². The van der Waals surface area contributed by atoms with Gasteiger partial charge in [0.1, 0.15) is 22.3 Å². The smallest absolute Gasteiger partial charge is 0.136 e. The Morgan fingerprint density at radius 3 is 1.36 bits per heavy atom. The number of para-hydroxylation sites is 2. The minimum Gasteiger partial charge on any atom is -0.456 e. The van der Waals surface area contributed by atoms with E-state index in [1.54, 1.807) is 0 Å². The first kappa shape index (κ1) is 25.2. The van der Waals surface area contributed by atoms with Crippen molar-refractivity contribution in [3.05, 3.63) is 134 Å². The standard InChI is InChI=1S/C42H22N2O2S/c1-3-11-35-25(9-1)31-15-33-29(17-37(31)45-35)27(23-7-5-13-43-21-23)19-39-41(33)42-34-16-32-26-10-2-4-12-36(26)46-38(32)18-30(34)28(20-40(42)47-39)24-8-6-14-44-22-24/h1-22H. The van der Waals surface area contributed by atoms with Crippen LogP contribution in [0.5, 0.6) is 0 Å². The zero-order valence-corrected chi connectivity index (χ0v) is 25.6. The molecule has 0 atom stereocenters. The Morgan fingerprint density at radius 2 is 0.894 bits per heavy atom. The lowest BCUT2D eigenvalue weighted by atomic mass is 9.91. The fraction of sp³-hybridized carbons (Fsp3) is 0. The van der Waals surface area contributed by atoms with Gasteiger partial charge in [0.05, 0.1) is 0 Å². The van der Waals surface area contributed by atoms with Crippen LogP contribution in [0.2, 0.25) is 0 Å². The average Bonchev–Trinajstić information content (AvgIpc) is 3.80. The van der Waals surface area contributed by atoms with Gasteiger partial charge in [-0.2, -0.15) is 0 Å². The summed E-state index contributed by atoms with van der Waals surface area (Å²) in [6, 6.07) is 38.7. The van der Waals surface area contributed by atoms with Crippen molar-refractivity contribution >= 4 is 96.9 Å². The number of rotatable bonds is 2. The Balaban J connectivity index is 1.38. The maximum absolute atomic E-state index is 6.42. The molecule has 5 aromatic heterocycles. The molecule has 0 saturated heterocycles. The third-order valence-corrected chi connectivity index (χ3v) is 10.7. The molecule has 5 heterocycles. The molecule has 0 unspecified atom stereocenters. The van der Waals surface area contributed by atoms with Crippen molar-refractivity contribution in [3.63, 3.8) is 0 Å². The summed E-state index contributed by atoms with van der Waals surface area (Å²) in [6.07, 6.45) is 7.56. The van der Waals surface area contributed by atoms with E-state index in [0.29, 0.717) is 0 Å². The van der Waals surface area contributed by atoms with Crippen molar-refractivity contribution in [3.8, 4) is 22.3 Å². The quantitative estimate of drug-likeness (QED) is 0.193. The summed E-state index contributed by atoms with van der Waals surface area (Å²) >= 11 is 1.84. The SMILES string of the molecule is c1cncc(-c2cc3sc4cc(-c5cccnc5)c5cc6oc7ccccc7c6cc5c4c3c3cc4c(cc23)oc2ccccc24)c1. The molecule has 218 valence electrons. The Kier molecular flexibility index (Phi) is 4.96. The van der Waals surface area contributed by atoms with E-state index in [0.717, 1.165) is 76.9 Å². The Labute approximate surface area is 271 Å². The van der Waals surface area contributed by atoms with Crippen molar-refractivity contribution in [2.75, 3.05) is 0 Å². The molecule has 47 heavy (non-hydrogen) atoms. The van der Waals surface area contributed by atoms with E-state index >= 15 is 0 Å². The van der Waals surface area contributed by atoms with Gasteiger partial charge < -0.3 is 8.83 Å². The van der Waals surface area contributed by atoms with Crippen LogP contribution in [0.25, 0.3) is 108 Å². The van der Waals surface area contributed by atoms with Crippen LogP contribution in [0.15, 0.2) is 143 Å². The predicted molar refractivity (Wildman–Crippen MR) is 195 cm³/mol. The molecule has 0 saturated carbocycles. The number of thiophene rings is 1. The molecule has 0 fully saturated rings. The number of fused-ring (bicyclic) bond motifs is 13. The number of benzene rings is 6. The number of hydrogen-bond donors (Lipinski definition) is 0. The largest absolute Gasteiger partial charge is 0.456 e. The number of pyridine rings is 2. The van der Waals surface area contributed by atoms with Crippen LogP contribution in [0.3, 0.4) is 0 Å². The van der Waals surface area contributed by atoms with Crippen LogP contribution in [0.1, 0.15) is 0 Å². The van der Waals surface area contributed by atoms with E-state index in [-0.39, 0.29) is 0 Å². The lowest BCUT2D eigenvalue weighted by Gasteiger charge is -2.12. The summed E-state index contributed by atoms with van der Waals surface area (Å²) in [7, 11) is 0. The maximum atomic E-state index is 6.42. The van der Waals surface area contributed by atoms with Gasteiger partial charge in [0.25, 0.3) is 0 Å². The van der Waals surface area contributed by atoms with Gasteiger partial charge in [-0.15, -0.1) is 11.3 Å². The topological polar surface area (TPSA) is 52.1 Å². The molecule has 0 aliphatic rings. The number of hydrogen-bond acceptors (Lipinski definition) is 5. The van der Waals surface area contributed by atoms with E-state index < -0.39 is 0 Å². The van der Waals surface area contributed by atoms with Crippen LogP contribution in [0.4, 0.5) is 0 Å². The third-order valence-electron chi connectivity index (χ3n) is 9.61. The van der Waals surface area contributed by atoms with Gasteiger partial charge in [-0.1, -0.05) is 48.5 Å². The van der Waals surface area contributed by atoms with Crippen molar-refractivity contribution in [2.24, 2.45) is 0 Å². The van der Waals surface area contributed by atoms with Gasteiger partial charge >= 0.3 is 0 Å². The minimum absolute atomic E-state index is 0.887. The van der Waals surface area contributed by atoms with Crippen molar-refractivity contribution < 1.29 is 8.83 Å². The summed E-state index contributed by atoms with van der Waals surface area (Å²) in [5.74, 6) is 0. The third kappa shape index (κ3) is 3.52. The summed E-state index contributed by atoms with van der Waals surface area (Å²) < 4.78 is 15.3. The number of furan rings is 2. The average molecular weight is 619 g/mol. The molecular formula is C42H22N2O2S. The van der Waals surface area contributed by atoms with Gasteiger partial charge in [0, 0.05) is 77.6 Å². The molecule has 5 heteroatoms. The Bertz CT molecular complexity index is 2860. The van der Waals surface area contributed by atoms with E-state index in [9.17, 15) is 0 Å². The zero-order valence-electron chi connectivity index (χ0n) is 24.8. The molecule has 4 nitrogen and oxygen atoms in total. The lowest BCUT2D eigenvalue weighted by Crippen LogP contribution is -1.86. The van der Waals surface area contributed by atoms with Crippen molar-refractivity contribution in [1.29, 1.82) is 0 Å². The highest BCUT2D eigenvalue weighted by Crippen LogP contribution is 2.49. The zero-order chi connectivity index (χ0) is 30.6. The van der Waals surface area contributed by atoms with Crippen LogP contribution in [-0.4, -0.2) is 9.97 Å². The second kappa shape index (κ2) is 9.25. The van der Waals surface area contributed by atoms with E-state index in [1.807, 2.05) is 72.5 Å². The van der Waals surface area contributed by atoms with E-state index in [1.165, 1.54) is 30.9 Å². The van der Waals surface area contributed by atoms with Crippen LogP contribution in [-0.2, 0) is 0 Å². The first-order chi connectivity index (χ1) is 23.3. The second-order valence-corrected chi connectivity index (χ2v) is 13.2. The van der Waals surface area contributed by atoms with Crippen LogP contribution < -0.4 is 0 Å². The van der Waals surface area contributed by atoms with E-state index in [4.69, 9.17) is 8.83 Å². The molecule has 0 aliphatic carbocycles. The Morgan fingerprint density at radius 1 is 0.404 bits per heavy atom. The molecule has 11 aromatic rings. The highest BCUT2D eigenvalue weighted by molar-refractivity contribution is 7.26. The van der Waals surface area contributed by atoms with Crippen LogP contribution in [0, 0.1) is 0 Å². The molecule has 0 radical (unpaired) electrons. The number of aromatic nitrogens is 2. The molecule has 6 aromatic carbocycles. The maximum Gasteiger partial charge on any atom is 0.136 e.